The quantitative estimate of drug-likeness (QED) is 0.704. The molecular weight excluding hydrogens is 364 g/mol. The second kappa shape index (κ2) is 6.00. The first-order valence-electron chi connectivity index (χ1n) is 10.5. The Labute approximate surface area is 170 Å². The summed E-state index contributed by atoms with van der Waals surface area (Å²) in [6, 6.07) is 12.1. The summed E-state index contributed by atoms with van der Waals surface area (Å²) in [6.45, 7) is 1.64. The Bertz CT molecular complexity index is 1020. The zero-order chi connectivity index (χ0) is 19.8. The third-order valence-electron chi connectivity index (χ3n) is 7.56. The lowest BCUT2D eigenvalue weighted by atomic mass is 9.53. The summed E-state index contributed by atoms with van der Waals surface area (Å²) >= 11 is 0. The molecule has 2 bridgehead atoms. The number of phenolic OH excluding ortho intramolecular Hbond substituents is 1. The average molecular weight is 390 g/mol. The van der Waals surface area contributed by atoms with Crippen LogP contribution in [0.25, 0.3) is 0 Å². The van der Waals surface area contributed by atoms with Crippen molar-refractivity contribution < 1.29 is 14.9 Å². The number of hydrogen-bond acceptors (Lipinski definition) is 5. The minimum Gasteiger partial charge on any atom is -0.508 e. The molecule has 0 aromatic heterocycles. The molecule has 0 unspecified atom stereocenters. The largest absolute Gasteiger partial charge is 0.508 e. The van der Waals surface area contributed by atoms with Gasteiger partial charge in [-0.2, -0.15) is 0 Å². The maximum absolute atomic E-state index is 10.8. The molecule has 29 heavy (non-hydrogen) atoms. The predicted octanol–water partition coefficient (Wildman–Crippen LogP) is 2.81. The Morgan fingerprint density at radius 1 is 1.24 bits per heavy atom. The van der Waals surface area contributed by atoms with Gasteiger partial charge in [0.15, 0.2) is 0 Å². The molecule has 5 heteroatoms. The summed E-state index contributed by atoms with van der Waals surface area (Å²) < 4.78 is 6.54. The minimum atomic E-state index is -0.576. The maximum atomic E-state index is 10.8. The van der Waals surface area contributed by atoms with Crippen molar-refractivity contribution in [1.29, 1.82) is 0 Å². The number of anilines is 1. The highest BCUT2D eigenvalue weighted by atomic mass is 16.5. The van der Waals surface area contributed by atoms with E-state index >= 15 is 0 Å². The molecule has 5 atom stereocenters. The summed E-state index contributed by atoms with van der Waals surface area (Å²) in [5.41, 5.74) is 4.54. The number of aliphatic hydroxyl groups is 1. The molecule has 2 aliphatic heterocycles. The van der Waals surface area contributed by atoms with Crippen molar-refractivity contribution in [3.63, 3.8) is 0 Å². The van der Waals surface area contributed by atoms with Crippen molar-refractivity contribution in [3.05, 3.63) is 65.2 Å². The average Bonchev–Trinajstić information content (AvgIpc) is 3.07. The number of likely N-dealkylation sites (tertiary alicyclic amines) is 1. The Balaban J connectivity index is 1.43. The second-order valence-electron chi connectivity index (χ2n) is 8.98. The number of likely N-dealkylation sites (N-methyl/N-ethyl adjacent to an activating group) is 1. The van der Waals surface area contributed by atoms with E-state index in [1.165, 1.54) is 11.1 Å². The second-order valence-corrected chi connectivity index (χ2v) is 8.98. The van der Waals surface area contributed by atoms with Gasteiger partial charge in [0.05, 0.1) is 5.69 Å². The first-order valence-corrected chi connectivity index (χ1v) is 10.5. The number of benzene rings is 2. The van der Waals surface area contributed by atoms with Crippen molar-refractivity contribution in [2.75, 3.05) is 18.9 Å². The van der Waals surface area contributed by atoms with Crippen LogP contribution >= 0.6 is 0 Å². The zero-order valence-corrected chi connectivity index (χ0v) is 16.5. The van der Waals surface area contributed by atoms with Crippen LogP contribution < -0.4 is 10.1 Å². The van der Waals surface area contributed by atoms with Crippen LogP contribution in [-0.2, 0) is 18.4 Å². The highest BCUT2D eigenvalue weighted by Gasteiger charge is 2.64. The van der Waals surface area contributed by atoms with E-state index in [0.717, 1.165) is 36.4 Å². The molecule has 2 aromatic carbocycles. The normalized spacial score (nSPS) is 33.9. The van der Waals surface area contributed by atoms with Gasteiger partial charge in [-0.15, -0.1) is 0 Å². The Kier molecular flexibility index (Phi) is 3.59. The lowest BCUT2D eigenvalue weighted by molar-refractivity contribution is -0.0449. The van der Waals surface area contributed by atoms with E-state index < -0.39 is 6.10 Å². The van der Waals surface area contributed by atoms with Crippen LogP contribution in [0.2, 0.25) is 0 Å². The molecule has 5 nitrogen and oxygen atoms in total. The van der Waals surface area contributed by atoms with Gasteiger partial charge in [-0.25, -0.2) is 0 Å². The Morgan fingerprint density at radius 3 is 3.00 bits per heavy atom. The zero-order valence-electron chi connectivity index (χ0n) is 16.5. The van der Waals surface area contributed by atoms with E-state index in [4.69, 9.17) is 4.74 Å². The predicted molar refractivity (Wildman–Crippen MR) is 111 cm³/mol. The Hall–Kier alpha value is -2.50. The number of nitrogens with one attached hydrogen (secondary N) is 1. The molecule has 2 heterocycles. The number of phenols is 1. The third kappa shape index (κ3) is 2.29. The number of piperidine rings is 1. The van der Waals surface area contributed by atoms with Crippen LogP contribution in [0.3, 0.4) is 0 Å². The van der Waals surface area contributed by atoms with Crippen molar-refractivity contribution >= 4 is 5.69 Å². The minimum absolute atomic E-state index is 0.128. The number of ether oxygens (including phenoxy) is 1. The van der Waals surface area contributed by atoms with Gasteiger partial charge in [0.25, 0.3) is 0 Å². The smallest absolute Gasteiger partial charge is 0.147 e. The van der Waals surface area contributed by atoms with E-state index in [2.05, 4.69) is 35.5 Å². The maximum Gasteiger partial charge on any atom is 0.147 e. The first kappa shape index (κ1) is 17.4. The van der Waals surface area contributed by atoms with Gasteiger partial charge in [0.1, 0.15) is 23.7 Å². The van der Waals surface area contributed by atoms with Gasteiger partial charge in [0.2, 0.25) is 0 Å². The van der Waals surface area contributed by atoms with E-state index in [-0.39, 0.29) is 17.3 Å². The van der Waals surface area contributed by atoms with Gasteiger partial charge in [-0.3, -0.25) is 0 Å². The van der Waals surface area contributed by atoms with E-state index in [9.17, 15) is 10.2 Å². The number of nitrogens with zero attached hydrogens (tertiary/aromatic N) is 1. The molecule has 4 aliphatic rings. The topological polar surface area (TPSA) is 65.0 Å². The SMILES string of the molecule is CN1CC[C@]23c4c5ccc(NCc6cccc(O)c6)c4O[C@H]2[C@@H](O)C=C[C@H]3[C@H]1C5. The Morgan fingerprint density at radius 2 is 2.14 bits per heavy atom. The lowest BCUT2D eigenvalue weighted by Crippen LogP contribution is -2.64. The summed E-state index contributed by atoms with van der Waals surface area (Å²) in [4.78, 5) is 2.48. The number of hydrogen-bond donors (Lipinski definition) is 3. The summed E-state index contributed by atoms with van der Waals surface area (Å²) in [5, 5.41) is 24.1. The van der Waals surface area contributed by atoms with Gasteiger partial charge in [-0.1, -0.05) is 30.4 Å². The molecule has 150 valence electrons. The van der Waals surface area contributed by atoms with Crippen molar-refractivity contribution in [2.45, 2.75) is 43.1 Å². The summed E-state index contributed by atoms with van der Waals surface area (Å²) in [5.74, 6) is 1.57. The molecule has 3 N–H and O–H groups in total. The van der Waals surface area contributed by atoms with Crippen molar-refractivity contribution in [2.24, 2.45) is 5.92 Å². The van der Waals surface area contributed by atoms with E-state index in [1.807, 2.05) is 18.2 Å². The van der Waals surface area contributed by atoms with E-state index in [0.29, 0.717) is 18.5 Å². The summed E-state index contributed by atoms with van der Waals surface area (Å²) in [6.07, 6.45) is 5.42. The molecule has 1 fully saturated rings. The molecule has 0 radical (unpaired) electrons. The molecule has 1 saturated heterocycles. The molecule has 2 aromatic rings. The van der Waals surface area contributed by atoms with Crippen LogP contribution in [0.15, 0.2) is 48.6 Å². The fourth-order valence-corrected chi connectivity index (χ4v) is 6.26. The standard InChI is InChI=1S/C24H26N2O3/c1-26-10-9-24-17-6-8-20(28)23(24)29-22-18(7-5-15(21(22)24)12-19(17)26)25-13-14-3-2-4-16(27)11-14/h2-8,11,17,19-20,23,25,27-28H,9-10,12-13H2,1H3/t17-,19+,20-,23-,24-/m0/s1. The summed E-state index contributed by atoms with van der Waals surface area (Å²) in [7, 11) is 2.22. The highest BCUT2D eigenvalue weighted by Crippen LogP contribution is 2.62. The highest BCUT2D eigenvalue weighted by molar-refractivity contribution is 5.69. The van der Waals surface area contributed by atoms with Crippen LogP contribution in [-0.4, -0.2) is 47.0 Å². The monoisotopic (exact) mass is 390 g/mol. The third-order valence-corrected chi connectivity index (χ3v) is 7.56. The van der Waals surface area contributed by atoms with E-state index in [1.54, 1.807) is 12.1 Å². The molecule has 0 saturated carbocycles. The molecule has 6 rings (SSSR count). The first-order chi connectivity index (χ1) is 14.1. The van der Waals surface area contributed by atoms with Crippen LogP contribution in [0.5, 0.6) is 11.5 Å². The van der Waals surface area contributed by atoms with Crippen LogP contribution in [0.4, 0.5) is 5.69 Å². The van der Waals surface area contributed by atoms with Gasteiger partial charge in [-0.05, 0) is 55.8 Å². The van der Waals surface area contributed by atoms with Crippen molar-refractivity contribution in [1.82, 2.24) is 4.90 Å². The fraction of sp³-hybridized carbons (Fsp3) is 0.417. The molecule has 1 spiro atoms. The number of aliphatic hydroxyl groups excluding tert-OH is 1. The van der Waals surface area contributed by atoms with Gasteiger partial charge >= 0.3 is 0 Å². The van der Waals surface area contributed by atoms with Crippen LogP contribution in [0.1, 0.15) is 23.1 Å². The molecular formula is C24H26N2O3. The van der Waals surface area contributed by atoms with Crippen LogP contribution in [0, 0.1) is 5.92 Å². The van der Waals surface area contributed by atoms with Crippen molar-refractivity contribution in [3.8, 4) is 11.5 Å². The fourth-order valence-electron chi connectivity index (χ4n) is 6.26. The molecule has 2 aliphatic carbocycles. The van der Waals surface area contributed by atoms with Gasteiger partial charge < -0.3 is 25.2 Å². The van der Waals surface area contributed by atoms with Gasteiger partial charge in [0, 0.05) is 29.5 Å². The lowest BCUT2D eigenvalue weighted by Gasteiger charge is -2.56. The molecule has 0 amide bonds. The number of aromatic hydroxyl groups is 1. The number of rotatable bonds is 3.